The van der Waals surface area contributed by atoms with Crippen LogP contribution < -0.4 is 5.73 Å². The lowest BCUT2D eigenvalue weighted by Gasteiger charge is -2.40. The molecule has 23 heavy (non-hydrogen) atoms. The first-order valence-corrected chi connectivity index (χ1v) is 6.68. The molecule has 0 bridgehead atoms. The smallest absolute Gasteiger partial charge is 0.283 e. The molecular weight excluding hydrogens is 319 g/mol. The van der Waals surface area contributed by atoms with Crippen LogP contribution in [0.25, 0.3) is 0 Å². The molecular formula is C13H12F3N3O4. The van der Waals surface area contributed by atoms with Gasteiger partial charge in [-0.25, -0.2) is 18.2 Å². The van der Waals surface area contributed by atoms with Crippen molar-refractivity contribution >= 4 is 11.7 Å². The zero-order valence-corrected chi connectivity index (χ0v) is 11.6. The Bertz CT molecular complexity index is 684. The fourth-order valence-corrected chi connectivity index (χ4v) is 3.03. The summed E-state index contributed by atoms with van der Waals surface area (Å²) >= 11 is 0. The number of halogens is 3. The maximum absolute atomic E-state index is 14.3. The molecule has 0 unspecified atom stereocenters. The zero-order chi connectivity index (χ0) is 16.8. The van der Waals surface area contributed by atoms with Crippen LogP contribution in [0.2, 0.25) is 0 Å². The average Bonchev–Trinajstić information content (AvgIpc) is 2.94. The Hall–Kier alpha value is -2.36. The molecule has 3 rings (SSSR count). The number of nitro benzene ring substituents is 1. The SMILES string of the molecule is NC1=N[C@@](c2cc([N+](=O)[O-])ccc2F)(C(F)F)[C@H]2COC[C@H]2O1. The Kier molecular flexibility index (Phi) is 3.63. The first kappa shape index (κ1) is 15.5. The van der Waals surface area contributed by atoms with Crippen LogP contribution in [-0.2, 0) is 15.0 Å². The summed E-state index contributed by atoms with van der Waals surface area (Å²) in [6.45, 7) is -0.139. The number of nitrogens with zero attached hydrogens (tertiary/aromatic N) is 2. The largest absolute Gasteiger partial charge is 0.459 e. The number of benzene rings is 1. The second kappa shape index (κ2) is 5.37. The van der Waals surface area contributed by atoms with Crippen molar-refractivity contribution in [2.75, 3.05) is 13.2 Å². The van der Waals surface area contributed by atoms with Gasteiger partial charge in [0.15, 0.2) is 5.54 Å². The molecule has 7 nitrogen and oxygen atoms in total. The number of amidine groups is 1. The minimum atomic E-state index is -3.16. The van der Waals surface area contributed by atoms with Gasteiger partial charge >= 0.3 is 0 Å². The van der Waals surface area contributed by atoms with E-state index in [0.29, 0.717) is 0 Å². The highest BCUT2D eigenvalue weighted by atomic mass is 19.3. The van der Waals surface area contributed by atoms with Gasteiger partial charge in [-0.15, -0.1) is 0 Å². The minimum Gasteiger partial charge on any atom is -0.459 e. The third kappa shape index (κ3) is 2.29. The molecule has 2 aliphatic rings. The molecule has 1 fully saturated rings. The molecule has 0 aromatic heterocycles. The summed E-state index contributed by atoms with van der Waals surface area (Å²) in [5.41, 5.74) is 1.98. The number of hydrogen-bond acceptors (Lipinski definition) is 6. The highest BCUT2D eigenvalue weighted by molar-refractivity contribution is 5.73. The van der Waals surface area contributed by atoms with E-state index in [0.717, 1.165) is 18.2 Å². The van der Waals surface area contributed by atoms with Crippen LogP contribution >= 0.6 is 0 Å². The van der Waals surface area contributed by atoms with Gasteiger partial charge in [0, 0.05) is 17.7 Å². The normalized spacial score (nSPS) is 29.8. The molecule has 1 aromatic carbocycles. The minimum absolute atomic E-state index is 0.00586. The summed E-state index contributed by atoms with van der Waals surface area (Å²) in [5, 5.41) is 10.9. The molecule has 0 amide bonds. The van der Waals surface area contributed by atoms with E-state index in [1.165, 1.54) is 0 Å². The Morgan fingerprint density at radius 1 is 1.43 bits per heavy atom. The summed E-state index contributed by atoms with van der Waals surface area (Å²) in [6.07, 6.45) is -3.98. The number of hydrogen-bond donors (Lipinski definition) is 1. The Morgan fingerprint density at radius 3 is 2.83 bits per heavy atom. The van der Waals surface area contributed by atoms with Crippen molar-refractivity contribution in [1.82, 2.24) is 0 Å². The number of ether oxygens (including phenoxy) is 2. The molecule has 2 aliphatic heterocycles. The standard InChI is InChI=1S/C13H12F3N3O4/c14-9-2-1-6(19(20)21)3-7(9)13(11(15)16)8-4-22-5-10(8)23-12(17)18-13/h1-3,8,10-11H,4-5H2,(H2,17,18)/t8-,10+,13+/m0/s1. The third-order valence-electron chi connectivity index (χ3n) is 4.09. The average molecular weight is 331 g/mol. The molecule has 0 saturated carbocycles. The molecule has 124 valence electrons. The fraction of sp³-hybridized carbons (Fsp3) is 0.462. The van der Waals surface area contributed by atoms with Gasteiger partial charge in [-0.1, -0.05) is 0 Å². The molecule has 2 N–H and O–H groups in total. The maximum Gasteiger partial charge on any atom is 0.283 e. The zero-order valence-electron chi connectivity index (χ0n) is 11.6. The number of nitro groups is 1. The summed E-state index contributed by atoms with van der Waals surface area (Å²) < 4.78 is 52.5. The lowest BCUT2D eigenvalue weighted by Crippen LogP contribution is -2.52. The van der Waals surface area contributed by atoms with Gasteiger partial charge in [-0.2, -0.15) is 0 Å². The van der Waals surface area contributed by atoms with E-state index in [1.54, 1.807) is 0 Å². The monoisotopic (exact) mass is 331 g/mol. The van der Waals surface area contributed by atoms with Gasteiger partial charge in [0.05, 0.1) is 24.1 Å². The predicted octanol–water partition coefficient (Wildman–Crippen LogP) is 1.55. The van der Waals surface area contributed by atoms with Gasteiger partial charge in [0.2, 0.25) is 0 Å². The lowest BCUT2D eigenvalue weighted by atomic mass is 9.76. The molecule has 0 aliphatic carbocycles. The van der Waals surface area contributed by atoms with E-state index < -0.39 is 52.0 Å². The third-order valence-corrected chi connectivity index (χ3v) is 4.09. The van der Waals surface area contributed by atoms with Crippen LogP contribution in [-0.4, -0.2) is 36.7 Å². The number of aliphatic imine (C=N–C) groups is 1. The van der Waals surface area contributed by atoms with E-state index in [9.17, 15) is 23.3 Å². The van der Waals surface area contributed by atoms with Crippen LogP contribution in [0.4, 0.5) is 18.9 Å². The highest BCUT2D eigenvalue weighted by Gasteiger charge is 2.58. The predicted molar refractivity (Wildman–Crippen MR) is 71.5 cm³/mol. The van der Waals surface area contributed by atoms with E-state index in [1.807, 2.05) is 0 Å². The van der Waals surface area contributed by atoms with Gasteiger partial charge in [0.25, 0.3) is 18.1 Å². The molecule has 1 saturated heterocycles. The Balaban J connectivity index is 2.24. The Morgan fingerprint density at radius 2 is 2.17 bits per heavy atom. The van der Waals surface area contributed by atoms with Crippen LogP contribution in [0.1, 0.15) is 5.56 Å². The van der Waals surface area contributed by atoms with Crippen molar-refractivity contribution in [2.45, 2.75) is 18.1 Å². The van der Waals surface area contributed by atoms with Crippen LogP contribution in [0.5, 0.6) is 0 Å². The summed E-state index contributed by atoms with van der Waals surface area (Å²) in [6, 6.07) is 1.90. The molecule has 3 atom stereocenters. The van der Waals surface area contributed by atoms with E-state index in [4.69, 9.17) is 15.2 Å². The van der Waals surface area contributed by atoms with Crippen molar-refractivity contribution in [1.29, 1.82) is 0 Å². The van der Waals surface area contributed by atoms with E-state index in [2.05, 4.69) is 4.99 Å². The summed E-state index contributed by atoms with van der Waals surface area (Å²) in [5.74, 6) is -2.04. The molecule has 2 heterocycles. The van der Waals surface area contributed by atoms with Crippen LogP contribution in [0.3, 0.4) is 0 Å². The molecule has 1 aromatic rings. The number of fused-ring (bicyclic) bond motifs is 1. The highest BCUT2D eigenvalue weighted by Crippen LogP contribution is 2.48. The second-order valence-corrected chi connectivity index (χ2v) is 5.30. The van der Waals surface area contributed by atoms with Crippen molar-refractivity contribution in [3.8, 4) is 0 Å². The first-order chi connectivity index (χ1) is 10.9. The van der Waals surface area contributed by atoms with Gasteiger partial charge in [0.1, 0.15) is 11.9 Å². The second-order valence-electron chi connectivity index (χ2n) is 5.30. The summed E-state index contributed by atoms with van der Waals surface area (Å²) in [7, 11) is 0. The number of non-ortho nitro benzene ring substituents is 1. The number of nitrogens with two attached hydrogens (primary N) is 1. The van der Waals surface area contributed by atoms with Crippen molar-refractivity contribution < 1.29 is 27.6 Å². The van der Waals surface area contributed by atoms with E-state index >= 15 is 0 Å². The van der Waals surface area contributed by atoms with Crippen LogP contribution in [0, 0.1) is 21.8 Å². The topological polar surface area (TPSA) is 100.0 Å². The first-order valence-electron chi connectivity index (χ1n) is 6.68. The fourth-order valence-electron chi connectivity index (χ4n) is 3.03. The molecule has 0 radical (unpaired) electrons. The van der Waals surface area contributed by atoms with Crippen molar-refractivity contribution in [3.05, 3.63) is 39.7 Å². The number of rotatable bonds is 3. The quantitative estimate of drug-likeness (QED) is 0.669. The molecule has 0 spiro atoms. The van der Waals surface area contributed by atoms with E-state index in [-0.39, 0.29) is 13.2 Å². The van der Waals surface area contributed by atoms with Gasteiger partial charge < -0.3 is 15.2 Å². The van der Waals surface area contributed by atoms with Crippen molar-refractivity contribution in [3.63, 3.8) is 0 Å². The molecule has 10 heteroatoms. The number of alkyl halides is 2. The Labute approximate surface area is 128 Å². The maximum atomic E-state index is 14.3. The van der Waals surface area contributed by atoms with Gasteiger partial charge in [-0.05, 0) is 6.07 Å². The van der Waals surface area contributed by atoms with Crippen LogP contribution in [0.15, 0.2) is 23.2 Å². The summed E-state index contributed by atoms with van der Waals surface area (Å²) in [4.78, 5) is 13.8. The van der Waals surface area contributed by atoms with Gasteiger partial charge in [-0.3, -0.25) is 10.1 Å². The van der Waals surface area contributed by atoms with Crippen molar-refractivity contribution in [2.24, 2.45) is 16.6 Å². The lowest BCUT2D eigenvalue weighted by molar-refractivity contribution is -0.385.